The number of halogens is 1. The number of rotatable bonds is 5. The van der Waals surface area contributed by atoms with Crippen LogP contribution in [0.1, 0.15) is 12.5 Å². The van der Waals surface area contributed by atoms with Gasteiger partial charge < -0.3 is 19.2 Å². The molecule has 0 saturated carbocycles. The summed E-state index contributed by atoms with van der Waals surface area (Å²) >= 11 is 6.32. The molecule has 1 N–H and O–H groups in total. The van der Waals surface area contributed by atoms with Gasteiger partial charge in [0.25, 0.3) is 0 Å². The quantitative estimate of drug-likeness (QED) is 0.838. The van der Waals surface area contributed by atoms with Crippen molar-refractivity contribution in [1.82, 2.24) is 4.98 Å². The van der Waals surface area contributed by atoms with Gasteiger partial charge >= 0.3 is 7.12 Å². The molecule has 3 rings (SSSR count). The van der Waals surface area contributed by atoms with Crippen molar-refractivity contribution in [3.05, 3.63) is 47.4 Å². The maximum Gasteiger partial charge on any atom is 0.526 e. The van der Waals surface area contributed by atoms with Crippen molar-refractivity contribution in [2.45, 2.75) is 13.2 Å². The lowest BCUT2D eigenvalue weighted by Crippen LogP contribution is -2.08. The third kappa shape index (κ3) is 3.35. The minimum atomic E-state index is -0.788. The van der Waals surface area contributed by atoms with Crippen LogP contribution in [-0.4, -0.2) is 30.8 Å². The van der Waals surface area contributed by atoms with Crippen LogP contribution >= 0.6 is 11.6 Å². The number of hydrogen-bond acceptors (Lipinski definition) is 5. The largest absolute Gasteiger partial charge is 0.542 e. The Balaban J connectivity index is 2.00. The van der Waals surface area contributed by atoms with E-state index in [1.807, 2.05) is 25.1 Å². The third-order valence-electron chi connectivity index (χ3n) is 3.72. The van der Waals surface area contributed by atoms with E-state index in [0.717, 1.165) is 22.3 Å². The van der Waals surface area contributed by atoms with Crippen molar-refractivity contribution < 1.29 is 19.2 Å². The monoisotopic (exact) mass is 345 g/mol. The fourth-order valence-corrected chi connectivity index (χ4v) is 2.89. The van der Waals surface area contributed by atoms with Gasteiger partial charge in [-0.2, -0.15) is 0 Å². The highest BCUT2D eigenvalue weighted by Gasteiger charge is 2.24. The van der Waals surface area contributed by atoms with Crippen molar-refractivity contribution in [2.24, 2.45) is 0 Å². The second-order valence-corrected chi connectivity index (χ2v) is 5.73. The van der Waals surface area contributed by atoms with Crippen LogP contribution in [0.3, 0.4) is 0 Å². The Bertz CT molecular complexity index is 781. The van der Waals surface area contributed by atoms with Gasteiger partial charge in [0.1, 0.15) is 0 Å². The minimum Gasteiger partial charge on any atom is -0.542 e. The zero-order chi connectivity index (χ0) is 17.1. The van der Waals surface area contributed by atoms with E-state index in [9.17, 15) is 5.02 Å². The summed E-state index contributed by atoms with van der Waals surface area (Å²) in [7, 11) is 0.771. The van der Waals surface area contributed by atoms with Crippen LogP contribution in [0.25, 0.3) is 16.7 Å². The van der Waals surface area contributed by atoms with Gasteiger partial charge in [-0.25, -0.2) is 0 Å². The van der Waals surface area contributed by atoms with Crippen LogP contribution in [0, 0.1) is 0 Å². The minimum absolute atomic E-state index is 0.443. The predicted molar refractivity (Wildman–Crippen MR) is 94.2 cm³/mol. The summed E-state index contributed by atoms with van der Waals surface area (Å²) in [4.78, 5) is 4.29. The Hall–Kier alpha value is -2.18. The molecule has 1 aliphatic rings. The molecule has 0 spiro atoms. The van der Waals surface area contributed by atoms with E-state index < -0.39 is 7.12 Å². The van der Waals surface area contributed by atoms with Crippen molar-refractivity contribution in [3.8, 4) is 22.6 Å². The number of methoxy groups -OCH3 is 1. The lowest BCUT2D eigenvalue weighted by atomic mass is 9.82. The van der Waals surface area contributed by atoms with Crippen molar-refractivity contribution in [3.63, 3.8) is 0 Å². The summed E-state index contributed by atoms with van der Waals surface area (Å²) in [5, 5.41) is 9.97. The Kier molecular flexibility index (Phi) is 4.97. The lowest BCUT2D eigenvalue weighted by molar-refractivity contribution is 0.311. The molecular weight excluding hydrogens is 328 g/mol. The molecule has 0 atom stereocenters. The lowest BCUT2D eigenvalue weighted by Gasteiger charge is -2.13. The average molecular weight is 346 g/mol. The average Bonchev–Trinajstić information content (AvgIpc) is 3.01. The molecule has 1 aromatic heterocycles. The molecule has 0 fully saturated rings. The molecular formula is C17H17BClNO4. The fraction of sp³-hybridized carbons (Fsp3) is 0.235. The van der Waals surface area contributed by atoms with E-state index in [2.05, 4.69) is 4.98 Å². The second kappa shape index (κ2) is 7.15. The smallest absolute Gasteiger partial charge is 0.526 e. The highest BCUT2D eigenvalue weighted by molar-refractivity contribution is 6.47. The maximum atomic E-state index is 9.49. The zero-order valence-electron chi connectivity index (χ0n) is 13.5. The van der Waals surface area contributed by atoms with E-state index in [1.54, 1.807) is 25.8 Å². The van der Waals surface area contributed by atoms with Gasteiger partial charge in [-0.1, -0.05) is 11.6 Å². The zero-order valence-corrected chi connectivity index (χ0v) is 14.2. The summed E-state index contributed by atoms with van der Waals surface area (Å²) < 4.78 is 16.0. The molecule has 2 heterocycles. The number of pyridine rings is 1. The molecule has 0 amide bonds. The van der Waals surface area contributed by atoms with Crippen molar-refractivity contribution in [2.75, 3.05) is 13.7 Å². The van der Waals surface area contributed by atoms with E-state index >= 15 is 0 Å². The number of allylic oxidation sites excluding steroid dienone is 1. The van der Waals surface area contributed by atoms with E-state index in [-0.39, 0.29) is 0 Å². The molecule has 0 radical (unpaired) electrons. The highest BCUT2D eigenvalue weighted by Crippen LogP contribution is 2.40. The summed E-state index contributed by atoms with van der Waals surface area (Å²) in [6.45, 7) is 2.41. The van der Waals surface area contributed by atoms with Gasteiger partial charge in [0.15, 0.2) is 11.5 Å². The molecule has 1 aromatic carbocycles. The maximum absolute atomic E-state index is 9.49. The SMILES string of the molecule is CCOc1cc(-c2cncc(C3=COB(O)C3)c2)cc(Cl)c1OC. The molecule has 2 aromatic rings. The van der Waals surface area contributed by atoms with E-state index in [4.69, 9.17) is 25.7 Å². The molecule has 0 unspecified atom stereocenters. The van der Waals surface area contributed by atoms with Gasteiger partial charge in [0.2, 0.25) is 0 Å². The van der Waals surface area contributed by atoms with Gasteiger partial charge in [-0.05, 0) is 41.8 Å². The van der Waals surface area contributed by atoms with Gasteiger partial charge in [-0.3, -0.25) is 4.98 Å². The van der Waals surface area contributed by atoms with Gasteiger partial charge in [0.05, 0.1) is 25.0 Å². The van der Waals surface area contributed by atoms with Gasteiger partial charge in [-0.15, -0.1) is 0 Å². The summed E-state index contributed by atoms with van der Waals surface area (Å²) in [5.74, 6) is 1.10. The molecule has 1 aliphatic heterocycles. The first kappa shape index (κ1) is 16.7. The fourth-order valence-electron chi connectivity index (χ4n) is 2.60. The van der Waals surface area contributed by atoms with E-state index in [0.29, 0.717) is 29.4 Å². The standard InChI is InChI=1S/C17H17BClNO4/c1-3-23-16-6-11(5-15(19)17(16)22-2)12-4-13(9-20-8-12)14-7-18(21)24-10-14/h4-6,8-10,21H,3,7H2,1-2H3. The third-order valence-corrected chi connectivity index (χ3v) is 4.00. The first-order valence-electron chi connectivity index (χ1n) is 7.61. The molecule has 0 saturated heterocycles. The van der Waals surface area contributed by atoms with E-state index in [1.165, 1.54) is 0 Å². The second-order valence-electron chi connectivity index (χ2n) is 5.32. The van der Waals surface area contributed by atoms with Gasteiger partial charge in [0, 0.05) is 24.3 Å². The summed E-state index contributed by atoms with van der Waals surface area (Å²) in [6, 6.07) is 5.68. The molecule has 24 heavy (non-hydrogen) atoms. The molecule has 7 heteroatoms. The Morgan fingerprint density at radius 2 is 2.04 bits per heavy atom. The summed E-state index contributed by atoms with van der Waals surface area (Å²) in [5.41, 5.74) is 3.56. The molecule has 0 bridgehead atoms. The number of nitrogens with zero attached hydrogens (tertiary/aromatic N) is 1. The first-order chi connectivity index (χ1) is 11.6. The Morgan fingerprint density at radius 1 is 1.25 bits per heavy atom. The molecule has 5 nitrogen and oxygen atoms in total. The van der Waals surface area contributed by atoms with Crippen LogP contribution in [0.4, 0.5) is 0 Å². The highest BCUT2D eigenvalue weighted by atomic mass is 35.5. The topological polar surface area (TPSA) is 60.8 Å². The Labute approximate surface area is 146 Å². The van der Waals surface area contributed by atoms with Crippen molar-refractivity contribution >= 4 is 24.3 Å². The number of aromatic nitrogens is 1. The molecule has 124 valence electrons. The van der Waals surface area contributed by atoms with Crippen LogP contribution in [0.15, 0.2) is 36.9 Å². The van der Waals surface area contributed by atoms with Crippen LogP contribution in [-0.2, 0) is 4.65 Å². The number of hydrogen-bond donors (Lipinski definition) is 1. The number of ether oxygens (including phenoxy) is 2. The summed E-state index contributed by atoms with van der Waals surface area (Å²) in [6.07, 6.45) is 5.51. The van der Waals surface area contributed by atoms with Crippen LogP contribution < -0.4 is 9.47 Å². The number of benzene rings is 1. The first-order valence-corrected chi connectivity index (χ1v) is 7.99. The predicted octanol–water partition coefficient (Wildman–Crippen LogP) is 3.66. The molecule has 0 aliphatic carbocycles. The Morgan fingerprint density at radius 3 is 2.71 bits per heavy atom. The normalized spacial score (nSPS) is 13.5. The van der Waals surface area contributed by atoms with Crippen LogP contribution in [0.2, 0.25) is 11.3 Å². The van der Waals surface area contributed by atoms with Crippen molar-refractivity contribution in [1.29, 1.82) is 0 Å². The van der Waals surface area contributed by atoms with Crippen LogP contribution in [0.5, 0.6) is 11.5 Å².